The number of likely N-dealkylation sites (tertiary alicyclic amines) is 2. The molecule has 0 spiro atoms. The van der Waals surface area contributed by atoms with Crippen LogP contribution in [0.5, 0.6) is 0 Å². The molecular weight excluding hydrogens is 366 g/mol. The number of hydrogen-bond acceptors (Lipinski definition) is 5. The predicted octanol–water partition coefficient (Wildman–Crippen LogP) is 1.15. The van der Waals surface area contributed by atoms with Gasteiger partial charge in [-0.05, 0) is 57.2 Å². The normalized spacial score (nSPS) is 24.2. The zero-order valence-electron chi connectivity index (χ0n) is 17.2. The third-order valence-electron chi connectivity index (χ3n) is 6.38. The van der Waals surface area contributed by atoms with Gasteiger partial charge < -0.3 is 10.6 Å². The lowest BCUT2D eigenvalue weighted by molar-refractivity contribution is -0.127. The maximum Gasteiger partial charge on any atom is 0.234 e. The molecule has 0 bridgehead atoms. The van der Waals surface area contributed by atoms with Crippen molar-refractivity contribution in [2.24, 2.45) is 5.92 Å². The third kappa shape index (κ3) is 6.00. The van der Waals surface area contributed by atoms with Gasteiger partial charge in [0.05, 0.1) is 24.7 Å². The Balaban J connectivity index is 1.19. The molecule has 2 aliphatic heterocycles. The molecule has 1 atom stereocenters. The first-order chi connectivity index (χ1) is 14.2. The van der Waals surface area contributed by atoms with Gasteiger partial charge in [-0.1, -0.05) is 6.07 Å². The predicted molar refractivity (Wildman–Crippen MR) is 111 cm³/mol. The van der Waals surface area contributed by atoms with Gasteiger partial charge >= 0.3 is 0 Å². The van der Waals surface area contributed by atoms with Crippen molar-refractivity contribution in [1.82, 2.24) is 25.4 Å². The summed E-state index contributed by atoms with van der Waals surface area (Å²) < 4.78 is 0. The number of nitrogens with zero attached hydrogens (tertiary/aromatic N) is 3. The Bertz CT molecular complexity index is 686. The minimum absolute atomic E-state index is 0.0646. The summed E-state index contributed by atoms with van der Waals surface area (Å²) in [5.41, 5.74) is 0.895. The van der Waals surface area contributed by atoms with Gasteiger partial charge in [0, 0.05) is 37.9 Å². The monoisotopic (exact) mass is 399 g/mol. The highest BCUT2D eigenvalue weighted by Gasteiger charge is 2.32. The van der Waals surface area contributed by atoms with Crippen molar-refractivity contribution < 1.29 is 9.59 Å². The standard InChI is InChI=1S/C22H33N5O2/c28-21(25-18-6-7-18)16-26-12-8-20(9-13-26)27-11-3-4-17(15-27)22(29)24-14-19-5-1-2-10-23-19/h1-2,5,10,17-18,20H,3-4,6-9,11-16H2,(H,24,29)(H,25,28)/t17-/m0/s1. The second kappa shape index (κ2) is 9.67. The fourth-order valence-corrected chi connectivity index (χ4v) is 4.52. The molecule has 1 aromatic rings. The fourth-order valence-electron chi connectivity index (χ4n) is 4.52. The summed E-state index contributed by atoms with van der Waals surface area (Å²) in [5, 5.41) is 6.14. The molecule has 1 aliphatic carbocycles. The maximum absolute atomic E-state index is 12.6. The van der Waals surface area contributed by atoms with Gasteiger partial charge in [0.15, 0.2) is 0 Å². The van der Waals surface area contributed by atoms with E-state index in [9.17, 15) is 9.59 Å². The number of carbonyl (C=O) groups excluding carboxylic acids is 2. The molecule has 0 radical (unpaired) electrons. The lowest BCUT2D eigenvalue weighted by Gasteiger charge is -2.41. The minimum atomic E-state index is 0.0646. The van der Waals surface area contributed by atoms with Crippen molar-refractivity contribution in [3.05, 3.63) is 30.1 Å². The minimum Gasteiger partial charge on any atom is -0.352 e. The van der Waals surface area contributed by atoms with E-state index in [1.807, 2.05) is 18.2 Å². The molecule has 1 saturated carbocycles. The van der Waals surface area contributed by atoms with Gasteiger partial charge in [-0.25, -0.2) is 0 Å². The SMILES string of the molecule is O=C(CN1CCC(N2CCC[C@H](C(=O)NCc3ccccn3)C2)CC1)NC1CC1. The average Bonchev–Trinajstić information content (AvgIpc) is 3.57. The van der Waals surface area contributed by atoms with Gasteiger partial charge in [-0.2, -0.15) is 0 Å². The molecule has 2 N–H and O–H groups in total. The maximum atomic E-state index is 12.6. The lowest BCUT2D eigenvalue weighted by atomic mass is 9.93. The Labute approximate surface area is 173 Å². The van der Waals surface area contributed by atoms with Crippen LogP contribution < -0.4 is 10.6 Å². The molecular formula is C22H33N5O2. The van der Waals surface area contributed by atoms with E-state index in [0.29, 0.717) is 25.2 Å². The van der Waals surface area contributed by atoms with Crippen LogP contribution in [-0.4, -0.2) is 71.4 Å². The number of hydrogen-bond donors (Lipinski definition) is 2. The third-order valence-corrected chi connectivity index (χ3v) is 6.38. The summed E-state index contributed by atoms with van der Waals surface area (Å²) in [6.07, 6.45) is 8.24. The molecule has 7 nitrogen and oxygen atoms in total. The topological polar surface area (TPSA) is 77.6 Å². The van der Waals surface area contributed by atoms with E-state index < -0.39 is 0 Å². The van der Waals surface area contributed by atoms with Crippen LogP contribution in [0.15, 0.2) is 24.4 Å². The molecule has 7 heteroatoms. The summed E-state index contributed by atoms with van der Waals surface area (Å²) in [5.74, 6) is 0.387. The zero-order chi connectivity index (χ0) is 20.1. The lowest BCUT2D eigenvalue weighted by Crippen LogP contribution is -2.51. The van der Waals surface area contributed by atoms with Gasteiger partial charge in [0.2, 0.25) is 11.8 Å². The van der Waals surface area contributed by atoms with Crippen molar-refractivity contribution in [3.63, 3.8) is 0 Å². The first-order valence-corrected chi connectivity index (χ1v) is 11.1. The highest BCUT2D eigenvalue weighted by molar-refractivity contribution is 5.79. The van der Waals surface area contributed by atoms with E-state index in [1.54, 1.807) is 6.20 Å². The molecule has 158 valence electrons. The number of aromatic nitrogens is 1. The van der Waals surface area contributed by atoms with Gasteiger partial charge in [0.1, 0.15) is 0 Å². The summed E-state index contributed by atoms with van der Waals surface area (Å²) >= 11 is 0. The number of rotatable bonds is 7. The Morgan fingerprint density at radius 1 is 1.07 bits per heavy atom. The highest BCUT2D eigenvalue weighted by atomic mass is 16.2. The first kappa shape index (κ1) is 20.3. The van der Waals surface area contributed by atoms with Gasteiger partial charge in [-0.3, -0.25) is 24.4 Å². The van der Waals surface area contributed by atoms with E-state index in [2.05, 4.69) is 25.4 Å². The smallest absolute Gasteiger partial charge is 0.234 e. The molecule has 1 aromatic heterocycles. The molecule has 0 aromatic carbocycles. The zero-order valence-corrected chi connectivity index (χ0v) is 17.2. The largest absolute Gasteiger partial charge is 0.352 e. The Morgan fingerprint density at radius 3 is 2.62 bits per heavy atom. The Kier molecular flexibility index (Phi) is 6.77. The van der Waals surface area contributed by atoms with Crippen LogP contribution in [0.3, 0.4) is 0 Å². The summed E-state index contributed by atoms with van der Waals surface area (Å²) in [6.45, 7) is 4.89. The average molecular weight is 400 g/mol. The van der Waals surface area contributed by atoms with E-state index >= 15 is 0 Å². The van der Waals surface area contributed by atoms with Crippen LogP contribution >= 0.6 is 0 Å². The van der Waals surface area contributed by atoms with Crippen LogP contribution in [0.2, 0.25) is 0 Å². The van der Waals surface area contributed by atoms with E-state index in [1.165, 1.54) is 0 Å². The number of amides is 2. The van der Waals surface area contributed by atoms with E-state index in [0.717, 1.165) is 70.4 Å². The van der Waals surface area contributed by atoms with E-state index in [-0.39, 0.29) is 17.7 Å². The quantitative estimate of drug-likeness (QED) is 0.719. The van der Waals surface area contributed by atoms with Gasteiger partial charge in [-0.15, -0.1) is 0 Å². The van der Waals surface area contributed by atoms with Gasteiger partial charge in [0.25, 0.3) is 0 Å². The molecule has 3 aliphatic rings. The number of piperidine rings is 2. The summed E-state index contributed by atoms with van der Waals surface area (Å²) in [7, 11) is 0. The Hall–Kier alpha value is -1.99. The number of nitrogens with one attached hydrogen (secondary N) is 2. The second-order valence-electron chi connectivity index (χ2n) is 8.72. The van der Waals surface area contributed by atoms with Crippen LogP contribution in [0.25, 0.3) is 0 Å². The molecule has 29 heavy (non-hydrogen) atoms. The summed E-state index contributed by atoms with van der Waals surface area (Å²) in [4.78, 5) is 33.7. The van der Waals surface area contributed by atoms with Crippen LogP contribution in [-0.2, 0) is 16.1 Å². The second-order valence-corrected chi connectivity index (χ2v) is 8.72. The van der Waals surface area contributed by atoms with Crippen molar-refractivity contribution >= 4 is 11.8 Å². The molecule has 2 amide bonds. The first-order valence-electron chi connectivity index (χ1n) is 11.1. The van der Waals surface area contributed by atoms with Crippen molar-refractivity contribution in [2.75, 3.05) is 32.7 Å². The Morgan fingerprint density at radius 2 is 1.90 bits per heavy atom. The molecule has 2 saturated heterocycles. The summed E-state index contributed by atoms with van der Waals surface area (Å²) in [6, 6.07) is 6.73. The van der Waals surface area contributed by atoms with Crippen molar-refractivity contribution in [3.8, 4) is 0 Å². The molecule has 0 unspecified atom stereocenters. The molecule has 3 heterocycles. The molecule has 4 rings (SSSR count). The van der Waals surface area contributed by atoms with E-state index in [4.69, 9.17) is 0 Å². The van der Waals surface area contributed by atoms with Crippen molar-refractivity contribution in [2.45, 2.75) is 57.2 Å². The number of carbonyl (C=O) groups is 2. The van der Waals surface area contributed by atoms with Crippen LogP contribution in [0, 0.1) is 5.92 Å². The number of pyridine rings is 1. The molecule has 3 fully saturated rings. The highest BCUT2D eigenvalue weighted by Crippen LogP contribution is 2.24. The van der Waals surface area contributed by atoms with Crippen LogP contribution in [0.1, 0.15) is 44.2 Å². The van der Waals surface area contributed by atoms with Crippen LogP contribution in [0.4, 0.5) is 0 Å². The van der Waals surface area contributed by atoms with Crippen molar-refractivity contribution in [1.29, 1.82) is 0 Å². The fraction of sp³-hybridized carbons (Fsp3) is 0.682.